The largest absolute Gasteiger partial charge is 0.459 e. The highest BCUT2D eigenvalue weighted by Gasteiger charge is 2.21. The second kappa shape index (κ2) is 8.32. The Bertz CT molecular complexity index is 1260. The van der Waals surface area contributed by atoms with Gasteiger partial charge in [0.15, 0.2) is 0 Å². The normalized spacial score (nSPS) is 12.0. The van der Waals surface area contributed by atoms with E-state index in [0.717, 1.165) is 22.1 Å². The van der Waals surface area contributed by atoms with Gasteiger partial charge in [0.25, 0.3) is 5.91 Å². The Morgan fingerprint density at radius 1 is 0.968 bits per heavy atom. The Labute approximate surface area is 180 Å². The van der Waals surface area contributed by atoms with E-state index in [9.17, 15) is 4.79 Å². The molecular formula is C26H21N3O2. The van der Waals surface area contributed by atoms with Gasteiger partial charge in [-0.15, -0.1) is 0 Å². The molecule has 152 valence electrons. The number of hydrogen-bond acceptors (Lipinski definition) is 3. The van der Waals surface area contributed by atoms with Crippen LogP contribution in [0.3, 0.4) is 0 Å². The minimum absolute atomic E-state index is 0.150. The minimum Gasteiger partial charge on any atom is -0.459 e. The first-order chi connectivity index (χ1) is 15.3. The third kappa shape index (κ3) is 4.12. The summed E-state index contributed by atoms with van der Waals surface area (Å²) in [7, 11) is 0. The molecule has 5 nitrogen and oxygen atoms in total. The summed E-state index contributed by atoms with van der Waals surface area (Å²) in [5, 5.41) is 4.15. The number of carbonyl (C=O) groups excluding carboxylic acids is 1. The van der Waals surface area contributed by atoms with Crippen LogP contribution in [0.5, 0.6) is 0 Å². The molecule has 0 aliphatic rings. The molecule has 0 aliphatic heterocycles. The highest BCUT2D eigenvalue weighted by atomic mass is 16.3. The summed E-state index contributed by atoms with van der Waals surface area (Å²) in [6.45, 7) is 0.716. The fourth-order valence-corrected chi connectivity index (χ4v) is 3.68. The molecule has 2 heterocycles. The summed E-state index contributed by atoms with van der Waals surface area (Å²) in [6, 6.07) is 27.0. The number of imidazole rings is 1. The maximum atomic E-state index is 13.1. The van der Waals surface area contributed by atoms with Crippen LogP contribution >= 0.6 is 0 Å². The predicted octanol–water partition coefficient (Wildman–Crippen LogP) is 5.20. The Balaban J connectivity index is 1.40. The van der Waals surface area contributed by atoms with Gasteiger partial charge in [-0.2, -0.15) is 0 Å². The summed E-state index contributed by atoms with van der Waals surface area (Å²) in [5.41, 5.74) is 3.47. The van der Waals surface area contributed by atoms with Crippen LogP contribution < -0.4 is 5.32 Å². The van der Waals surface area contributed by atoms with Crippen molar-refractivity contribution in [2.75, 3.05) is 0 Å². The molecule has 0 fully saturated rings. The first-order valence-electron chi connectivity index (χ1n) is 10.2. The maximum Gasteiger partial charge on any atom is 0.252 e. The number of carbonyl (C=O) groups is 1. The Morgan fingerprint density at radius 3 is 2.48 bits per heavy atom. The molecule has 0 aliphatic carbocycles. The van der Waals surface area contributed by atoms with E-state index < -0.39 is 0 Å². The number of hydrogen-bond donors (Lipinski definition) is 1. The van der Waals surface area contributed by atoms with E-state index in [2.05, 4.69) is 10.3 Å². The highest BCUT2D eigenvalue weighted by molar-refractivity contribution is 5.94. The van der Waals surface area contributed by atoms with Crippen molar-refractivity contribution in [3.63, 3.8) is 0 Å². The number of amides is 1. The van der Waals surface area contributed by atoms with Crippen LogP contribution in [0.25, 0.3) is 11.0 Å². The summed E-state index contributed by atoms with van der Waals surface area (Å²) in [4.78, 5) is 17.1. The third-order valence-electron chi connectivity index (χ3n) is 5.28. The van der Waals surface area contributed by atoms with Gasteiger partial charge in [0.2, 0.25) is 0 Å². The fourth-order valence-electron chi connectivity index (χ4n) is 3.68. The van der Waals surface area contributed by atoms with Crippen molar-refractivity contribution >= 4 is 16.9 Å². The molecule has 1 unspecified atom stereocenters. The number of furan rings is 1. The standard InChI is InChI=1S/C26H21N3O2/c30-26(21-12-10-19(11-13-21)17-29-15-14-27-18-29)28-25(20-6-2-1-3-7-20)24-16-22-8-4-5-9-23(22)31-24/h1-16,18,25H,17H2,(H,28,30). The molecule has 1 amide bonds. The monoisotopic (exact) mass is 407 g/mol. The van der Waals surface area contributed by atoms with Crippen LogP contribution in [0.15, 0.2) is 108 Å². The van der Waals surface area contributed by atoms with Crippen LogP contribution in [0, 0.1) is 0 Å². The van der Waals surface area contributed by atoms with E-state index in [1.54, 1.807) is 12.5 Å². The van der Waals surface area contributed by atoms with Gasteiger partial charge in [0.1, 0.15) is 17.4 Å². The van der Waals surface area contributed by atoms with Gasteiger partial charge in [-0.05, 0) is 35.4 Å². The second-order valence-electron chi connectivity index (χ2n) is 7.44. The average molecular weight is 407 g/mol. The van der Waals surface area contributed by atoms with E-state index in [1.165, 1.54) is 0 Å². The van der Waals surface area contributed by atoms with Crippen molar-refractivity contribution in [2.24, 2.45) is 0 Å². The lowest BCUT2D eigenvalue weighted by Gasteiger charge is -2.17. The number of fused-ring (bicyclic) bond motifs is 1. The van der Waals surface area contributed by atoms with Crippen LogP contribution in [-0.2, 0) is 6.54 Å². The zero-order chi connectivity index (χ0) is 21.0. The summed E-state index contributed by atoms with van der Waals surface area (Å²) >= 11 is 0. The third-order valence-corrected chi connectivity index (χ3v) is 5.28. The number of rotatable bonds is 6. The van der Waals surface area contributed by atoms with Crippen LogP contribution in [0.4, 0.5) is 0 Å². The molecule has 0 bridgehead atoms. The Hall–Kier alpha value is -4.12. The summed E-state index contributed by atoms with van der Waals surface area (Å²) in [6.07, 6.45) is 5.44. The second-order valence-corrected chi connectivity index (χ2v) is 7.44. The van der Waals surface area contributed by atoms with Crippen LogP contribution in [0.2, 0.25) is 0 Å². The van der Waals surface area contributed by atoms with E-state index in [4.69, 9.17) is 4.42 Å². The van der Waals surface area contributed by atoms with Crippen molar-refractivity contribution in [3.8, 4) is 0 Å². The van der Waals surface area contributed by atoms with Gasteiger partial charge in [-0.1, -0.05) is 60.7 Å². The molecule has 3 aromatic carbocycles. The zero-order valence-electron chi connectivity index (χ0n) is 16.8. The Kier molecular flexibility index (Phi) is 5.07. The molecule has 2 aromatic heterocycles. The average Bonchev–Trinajstić information content (AvgIpc) is 3.48. The SMILES string of the molecule is O=C(NC(c1ccccc1)c1cc2ccccc2o1)c1ccc(Cn2ccnc2)cc1. The van der Waals surface area contributed by atoms with Crippen molar-refractivity contribution < 1.29 is 9.21 Å². The van der Waals surface area contributed by atoms with Crippen molar-refractivity contribution in [1.82, 2.24) is 14.9 Å². The highest BCUT2D eigenvalue weighted by Crippen LogP contribution is 2.28. The number of aromatic nitrogens is 2. The molecular weight excluding hydrogens is 386 g/mol. The van der Waals surface area contributed by atoms with Crippen molar-refractivity contribution in [2.45, 2.75) is 12.6 Å². The van der Waals surface area contributed by atoms with Crippen molar-refractivity contribution in [3.05, 3.63) is 126 Å². The lowest BCUT2D eigenvalue weighted by molar-refractivity contribution is 0.0939. The van der Waals surface area contributed by atoms with Gasteiger partial charge in [0.05, 0.1) is 6.33 Å². The van der Waals surface area contributed by atoms with Gasteiger partial charge in [-0.3, -0.25) is 4.79 Å². The first-order valence-corrected chi connectivity index (χ1v) is 10.2. The number of nitrogens with one attached hydrogen (secondary N) is 1. The Morgan fingerprint density at radius 2 is 1.74 bits per heavy atom. The minimum atomic E-state index is -0.383. The maximum absolute atomic E-state index is 13.1. The summed E-state index contributed by atoms with van der Waals surface area (Å²) in [5.74, 6) is 0.556. The van der Waals surface area contributed by atoms with E-state index >= 15 is 0 Å². The quantitative estimate of drug-likeness (QED) is 0.421. The zero-order valence-corrected chi connectivity index (χ0v) is 16.8. The van der Waals surface area contributed by atoms with E-state index in [-0.39, 0.29) is 11.9 Å². The first kappa shape index (κ1) is 18.9. The van der Waals surface area contributed by atoms with Gasteiger partial charge in [0, 0.05) is 29.9 Å². The molecule has 0 spiro atoms. The van der Waals surface area contributed by atoms with Gasteiger partial charge in [-0.25, -0.2) is 4.98 Å². The molecule has 5 rings (SSSR count). The van der Waals surface area contributed by atoms with Gasteiger partial charge < -0.3 is 14.3 Å². The molecule has 5 aromatic rings. The lowest BCUT2D eigenvalue weighted by atomic mass is 10.0. The lowest BCUT2D eigenvalue weighted by Crippen LogP contribution is -2.29. The molecule has 1 N–H and O–H groups in total. The molecule has 0 radical (unpaired) electrons. The number of nitrogens with zero attached hydrogens (tertiary/aromatic N) is 2. The van der Waals surface area contributed by atoms with Crippen LogP contribution in [-0.4, -0.2) is 15.5 Å². The van der Waals surface area contributed by atoms with Crippen molar-refractivity contribution in [1.29, 1.82) is 0 Å². The molecule has 0 saturated carbocycles. The summed E-state index contributed by atoms with van der Waals surface area (Å²) < 4.78 is 8.06. The number of benzene rings is 3. The van der Waals surface area contributed by atoms with Gasteiger partial charge >= 0.3 is 0 Å². The van der Waals surface area contributed by atoms with Crippen LogP contribution in [0.1, 0.15) is 33.3 Å². The number of para-hydroxylation sites is 1. The predicted molar refractivity (Wildman–Crippen MR) is 120 cm³/mol. The molecule has 5 heteroatoms. The molecule has 1 atom stereocenters. The molecule has 0 saturated heterocycles. The van der Waals surface area contributed by atoms with E-state index in [1.807, 2.05) is 95.7 Å². The van der Waals surface area contributed by atoms with E-state index in [0.29, 0.717) is 17.9 Å². The molecule has 31 heavy (non-hydrogen) atoms. The smallest absolute Gasteiger partial charge is 0.252 e. The fraction of sp³-hybridized carbons (Fsp3) is 0.0769. The topological polar surface area (TPSA) is 60.1 Å².